The van der Waals surface area contributed by atoms with Gasteiger partial charge in [0.2, 0.25) is 10.0 Å². The molecule has 1 aromatic carbocycles. The highest BCUT2D eigenvalue weighted by Crippen LogP contribution is 2.26. The van der Waals surface area contributed by atoms with Crippen molar-refractivity contribution in [3.8, 4) is 0 Å². The molecule has 0 radical (unpaired) electrons. The van der Waals surface area contributed by atoms with E-state index in [1.165, 1.54) is 18.2 Å². The van der Waals surface area contributed by atoms with Gasteiger partial charge < -0.3 is 9.64 Å². The van der Waals surface area contributed by atoms with Gasteiger partial charge in [-0.05, 0) is 43.9 Å². The van der Waals surface area contributed by atoms with Gasteiger partial charge >= 0.3 is 0 Å². The lowest BCUT2D eigenvalue weighted by Gasteiger charge is -2.28. The third-order valence-electron chi connectivity index (χ3n) is 5.66. The Labute approximate surface area is 189 Å². The smallest absolute Gasteiger partial charge is 0.254 e. The first-order valence-corrected chi connectivity index (χ1v) is 14.2. The van der Waals surface area contributed by atoms with Crippen LogP contribution in [0.2, 0.25) is 5.02 Å². The Morgan fingerprint density at radius 1 is 1.32 bits per heavy atom. The second kappa shape index (κ2) is 10.2. The third-order valence-corrected chi connectivity index (χ3v) is 9.31. The first-order valence-electron chi connectivity index (χ1n) is 10.5. The Bertz CT molecular complexity index is 1010. The van der Waals surface area contributed by atoms with Crippen molar-refractivity contribution in [2.75, 3.05) is 31.2 Å². The summed E-state index contributed by atoms with van der Waals surface area (Å²) in [5, 5.41) is 0.0138. The standard InChI is InChI=1S/C20H29ClN2O6S2/c1-2-3-9-23(16-8-11-30(25,26)14-16)20(24)15-6-7-18(21)19(12-15)31(27,28)22-13-17-5-4-10-29-17/h6-7,12,16-17,22H,2-5,8-11,13-14H2,1H3. The number of nitrogens with one attached hydrogen (secondary N) is 1. The fourth-order valence-corrected chi connectivity index (χ4v) is 7.21. The summed E-state index contributed by atoms with van der Waals surface area (Å²) in [5.41, 5.74) is 0.169. The number of halogens is 1. The van der Waals surface area contributed by atoms with E-state index in [4.69, 9.17) is 16.3 Å². The quantitative estimate of drug-likeness (QED) is 0.566. The second-order valence-electron chi connectivity index (χ2n) is 8.04. The maximum atomic E-state index is 13.3. The molecule has 11 heteroatoms. The molecule has 1 N–H and O–H groups in total. The average Bonchev–Trinajstić information content (AvgIpc) is 3.36. The number of unbranched alkanes of at least 4 members (excludes halogenated alkanes) is 1. The van der Waals surface area contributed by atoms with Crippen LogP contribution in [0.1, 0.15) is 49.4 Å². The van der Waals surface area contributed by atoms with Crippen LogP contribution >= 0.6 is 11.6 Å². The molecule has 2 saturated heterocycles. The summed E-state index contributed by atoms with van der Waals surface area (Å²) in [4.78, 5) is 14.6. The Morgan fingerprint density at radius 3 is 2.71 bits per heavy atom. The summed E-state index contributed by atoms with van der Waals surface area (Å²) in [5.74, 6) is -0.395. The predicted molar refractivity (Wildman–Crippen MR) is 119 cm³/mol. The van der Waals surface area contributed by atoms with E-state index in [1.807, 2.05) is 6.92 Å². The van der Waals surface area contributed by atoms with Crippen LogP contribution < -0.4 is 4.72 Å². The van der Waals surface area contributed by atoms with Crippen molar-refractivity contribution in [3.05, 3.63) is 28.8 Å². The topological polar surface area (TPSA) is 110 Å². The van der Waals surface area contributed by atoms with Gasteiger partial charge in [0.15, 0.2) is 9.84 Å². The number of hydrogen-bond acceptors (Lipinski definition) is 6. The van der Waals surface area contributed by atoms with E-state index >= 15 is 0 Å². The van der Waals surface area contributed by atoms with Crippen LogP contribution in [0, 0.1) is 0 Å². The van der Waals surface area contributed by atoms with Crippen LogP contribution in [0.4, 0.5) is 0 Å². The fourth-order valence-electron chi connectivity index (χ4n) is 3.89. The molecular weight excluding hydrogens is 464 g/mol. The molecule has 2 aliphatic heterocycles. The zero-order valence-corrected chi connectivity index (χ0v) is 19.9. The number of amides is 1. The number of benzene rings is 1. The SMILES string of the molecule is CCCCN(C(=O)c1ccc(Cl)c(S(=O)(=O)NCC2CCCO2)c1)C1CCS(=O)(=O)C1. The lowest BCUT2D eigenvalue weighted by Crippen LogP contribution is -2.42. The monoisotopic (exact) mass is 492 g/mol. The number of sulfone groups is 1. The summed E-state index contributed by atoms with van der Waals surface area (Å²) < 4.78 is 57.5. The van der Waals surface area contributed by atoms with Crippen molar-refractivity contribution in [2.24, 2.45) is 0 Å². The average molecular weight is 493 g/mol. The molecule has 31 heavy (non-hydrogen) atoms. The van der Waals surface area contributed by atoms with Gasteiger partial charge in [-0.2, -0.15) is 0 Å². The highest BCUT2D eigenvalue weighted by molar-refractivity contribution is 7.91. The van der Waals surface area contributed by atoms with E-state index in [-0.39, 0.29) is 45.5 Å². The van der Waals surface area contributed by atoms with Crippen LogP contribution in [-0.4, -0.2) is 71.0 Å². The zero-order chi connectivity index (χ0) is 22.6. The highest BCUT2D eigenvalue weighted by Gasteiger charge is 2.35. The van der Waals surface area contributed by atoms with Gasteiger partial charge in [0.05, 0.1) is 22.6 Å². The molecule has 0 spiro atoms. The van der Waals surface area contributed by atoms with Gasteiger partial charge in [0.1, 0.15) is 4.90 Å². The summed E-state index contributed by atoms with van der Waals surface area (Å²) in [6.07, 6.45) is 3.46. The van der Waals surface area contributed by atoms with E-state index in [0.717, 1.165) is 25.7 Å². The molecule has 174 valence electrons. The van der Waals surface area contributed by atoms with Gasteiger partial charge in [-0.15, -0.1) is 0 Å². The molecule has 1 amide bonds. The molecule has 2 heterocycles. The minimum atomic E-state index is -3.94. The van der Waals surface area contributed by atoms with E-state index in [2.05, 4.69) is 4.72 Å². The van der Waals surface area contributed by atoms with Gasteiger partial charge in [0.25, 0.3) is 5.91 Å². The van der Waals surface area contributed by atoms with Gasteiger partial charge in [-0.1, -0.05) is 24.9 Å². The normalized spacial score (nSPS) is 23.2. The third kappa shape index (κ3) is 6.19. The molecule has 0 bridgehead atoms. The molecular formula is C20H29ClN2O6S2. The van der Waals surface area contributed by atoms with E-state index in [1.54, 1.807) is 4.90 Å². The minimum absolute atomic E-state index is 0.0138. The van der Waals surface area contributed by atoms with Crippen LogP contribution in [0.15, 0.2) is 23.1 Å². The largest absolute Gasteiger partial charge is 0.377 e. The Hall–Kier alpha value is -1.20. The molecule has 8 nitrogen and oxygen atoms in total. The van der Waals surface area contributed by atoms with Crippen molar-refractivity contribution in [1.29, 1.82) is 0 Å². The van der Waals surface area contributed by atoms with Crippen LogP contribution in [0.5, 0.6) is 0 Å². The molecule has 3 rings (SSSR count). The number of rotatable bonds is 9. The summed E-state index contributed by atoms with van der Waals surface area (Å²) in [6, 6.07) is 3.73. The lowest BCUT2D eigenvalue weighted by molar-refractivity contribution is 0.0694. The maximum Gasteiger partial charge on any atom is 0.254 e. The van der Waals surface area contributed by atoms with Crippen molar-refractivity contribution >= 4 is 37.4 Å². The first-order chi connectivity index (χ1) is 14.6. The van der Waals surface area contributed by atoms with E-state index in [9.17, 15) is 21.6 Å². The highest BCUT2D eigenvalue weighted by atomic mass is 35.5. The van der Waals surface area contributed by atoms with Crippen LogP contribution in [0.25, 0.3) is 0 Å². The van der Waals surface area contributed by atoms with Crippen LogP contribution in [0.3, 0.4) is 0 Å². The Morgan fingerprint density at radius 2 is 2.10 bits per heavy atom. The molecule has 2 fully saturated rings. The Kier molecular flexibility index (Phi) is 8.01. The number of hydrogen-bond donors (Lipinski definition) is 1. The number of sulfonamides is 1. The number of carbonyl (C=O) groups excluding carboxylic acids is 1. The summed E-state index contributed by atoms with van der Waals surface area (Å²) >= 11 is 6.15. The fraction of sp³-hybridized carbons (Fsp3) is 0.650. The second-order valence-corrected chi connectivity index (χ2v) is 12.4. The maximum absolute atomic E-state index is 13.3. The molecule has 0 saturated carbocycles. The molecule has 1 aromatic rings. The van der Waals surface area contributed by atoms with Crippen LogP contribution in [-0.2, 0) is 24.6 Å². The lowest BCUT2D eigenvalue weighted by atomic mass is 10.1. The molecule has 2 unspecified atom stereocenters. The molecule has 2 aliphatic rings. The van der Waals surface area contributed by atoms with Gasteiger partial charge in [0, 0.05) is 31.3 Å². The Balaban J connectivity index is 1.82. The van der Waals surface area contributed by atoms with E-state index < -0.39 is 25.9 Å². The molecule has 0 aromatic heterocycles. The molecule has 0 aliphatic carbocycles. The van der Waals surface area contributed by atoms with Crippen molar-refractivity contribution in [3.63, 3.8) is 0 Å². The van der Waals surface area contributed by atoms with Crippen molar-refractivity contribution in [2.45, 2.75) is 56.1 Å². The molecule has 2 atom stereocenters. The minimum Gasteiger partial charge on any atom is -0.377 e. The predicted octanol–water partition coefficient (Wildman–Crippen LogP) is 2.23. The van der Waals surface area contributed by atoms with Gasteiger partial charge in [-0.25, -0.2) is 21.6 Å². The summed E-state index contributed by atoms with van der Waals surface area (Å²) in [6.45, 7) is 3.15. The summed E-state index contributed by atoms with van der Waals surface area (Å²) in [7, 11) is -7.11. The first kappa shape index (κ1) is 24.4. The van der Waals surface area contributed by atoms with Crippen molar-refractivity contribution in [1.82, 2.24) is 9.62 Å². The number of carbonyl (C=O) groups is 1. The van der Waals surface area contributed by atoms with Gasteiger partial charge in [-0.3, -0.25) is 4.79 Å². The van der Waals surface area contributed by atoms with E-state index in [0.29, 0.717) is 19.6 Å². The number of ether oxygens (including phenoxy) is 1. The number of nitrogens with zero attached hydrogens (tertiary/aromatic N) is 1. The van der Waals surface area contributed by atoms with Crippen molar-refractivity contribution < 1.29 is 26.4 Å². The zero-order valence-electron chi connectivity index (χ0n) is 17.5.